The third-order valence-electron chi connectivity index (χ3n) is 1.68. The number of carbonyl (C=O) groups excluding carboxylic acids is 1. The fourth-order valence-electron chi connectivity index (χ4n) is 0.999. The van der Waals surface area contributed by atoms with Crippen LogP contribution in [-0.4, -0.2) is 12.6 Å². The van der Waals surface area contributed by atoms with Crippen LogP contribution < -0.4 is 0 Å². The number of benzene rings is 1. The molecule has 1 aromatic carbocycles. The van der Waals surface area contributed by atoms with Crippen molar-refractivity contribution in [1.82, 2.24) is 0 Å². The zero-order valence-electron chi connectivity index (χ0n) is 8.45. The second-order valence-electron chi connectivity index (χ2n) is 3.06. The monoisotopic (exact) mass is 194 g/mol. The highest BCUT2D eigenvalue weighted by molar-refractivity contribution is 5.89. The zero-order valence-corrected chi connectivity index (χ0v) is 8.45. The molecule has 0 atom stereocenters. The van der Waals surface area contributed by atoms with E-state index in [0.717, 1.165) is 12.0 Å². The van der Waals surface area contributed by atoms with Crippen molar-refractivity contribution in [1.29, 1.82) is 0 Å². The van der Waals surface area contributed by atoms with E-state index in [0.29, 0.717) is 12.2 Å². The molecule has 0 bridgehead atoms. The second kappa shape index (κ2) is 5.40. The van der Waals surface area contributed by atoms with E-state index in [4.69, 9.17) is 0 Å². The van der Waals surface area contributed by atoms with Gasteiger partial charge in [-0.1, -0.05) is 24.6 Å². The Morgan fingerprint density at radius 1 is 1.43 bits per heavy atom. The highest BCUT2D eigenvalue weighted by Crippen LogP contribution is 2.05. The van der Waals surface area contributed by atoms with E-state index in [2.05, 4.69) is 9.78 Å². The van der Waals surface area contributed by atoms with Gasteiger partial charge in [0.15, 0.2) is 0 Å². The summed E-state index contributed by atoms with van der Waals surface area (Å²) in [5.74, 6) is -0.442. The summed E-state index contributed by atoms with van der Waals surface area (Å²) in [6.07, 6.45) is 0.821. The lowest BCUT2D eigenvalue weighted by molar-refractivity contribution is -0.240. The smallest absolute Gasteiger partial charge is 0.293 e. The van der Waals surface area contributed by atoms with Crippen LogP contribution in [0, 0.1) is 6.92 Å². The van der Waals surface area contributed by atoms with Gasteiger partial charge in [0.25, 0.3) is 0 Å². The van der Waals surface area contributed by atoms with Crippen molar-refractivity contribution in [2.75, 3.05) is 6.61 Å². The Bertz CT molecular complexity index is 307. The van der Waals surface area contributed by atoms with Gasteiger partial charge in [-0.25, -0.2) is 4.79 Å². The molecule has 0 N–H and O–H groups in total. The summed E-state index contributed by atoms with van der Waals surface area (Å²) in [5, 5.41) is 0. The molecule has 1 aromatic rings. The molecule has 0 aliphatic rings. The van der Waals surface area contributed by atoms with Crippen molar-refractivity contribution < 1.29 is 14.6 Å². The van der Waals surface area contributed by atoms with E-state index in [1.807, 2.05) is 26.0 Å². The van der Waals surface area contributed by atoms with E-state index >= 15 is 0 Å². The molecule has 3 heteroatoms. The minimum atomic E-state index is -0.442. The highest BCUT2D eigenvalue weighted by Gasteiger charge is 2.07. The van der Waals surface area contributed by atoms with E-state index in [9.17, 15) is 4.79 Å². The average molecular weight is 194 g/mol. The van der Waals surface area contributed by atoms with Crippen LogP contribution in [0.4, 0.5) is 0 Å². The Morgan fingerprint density at radius 2 is 2.21 bits per heavy atom. The van der Waals surface area contributed by atoms with Crippen molar-refractivity contribution in [3.8, 4) is 0 Å². The normalized spacial score (nSPS) is 9.86. The molecule has 3 nitrogen and oxygen atoms in total. The van der Waals surface area contributed by atoms with Gasteiger partial charge in [0.2, 0.25) is 0 Å². The Balaban J connectivity index is 2.52. The molecule has 0 aromatic heterocycles. The SMILES string of the molecule is CCCOOC(=O)c1cccc(C)c1. The lowest BCUT2D eigenvalue weighted by Crippen LogP contribution is -2.06. The topological polar surface area (TPSA) is 35.5 Å². The summed E-state index contributed by atoms with van der Waals surface area (Å²) in [6.45, 7) is 4.29. The predicted octanol–water partition coefficient (Wildman–Crippen LogP) is 2.49. The van der Waals surface area contributed by atoms with Crippen molar-refractivity contribution in [3.05, 3.63) is 35.4 Å². The molecule has 0 unspecified atom stereocenters. The highest BCUT2D eigenvalue weighted by atomic mass is 17.2. The molecule has 0 spiro atoms. The summed E-state index contributed by atoms with van der Waals surface area (Å²) < 4.78 is 0. The summed E-state index contributed by atoms with van der Waals surface area (Å²) in [4.78, 5) is 20.6. The minimum Gasteiger partial charge on any atom is -0.293 e. The van der Waals surface area contributed by atoms with Gasteiger partial charge in [-0.05, 0) is 25.5 Å². The number of rotatable bonds is 4. The maximum absolute atomic E-state index is 11.3. The first-order valence-electron chi connectivity index (χ1n) is 4.64. The third kappa shape index (κ3) is 3.18. The zero-order chi connectivity index (χ0) is 10.4. The first-order valence-corrected chi connectivity index (χ1v) is 4.64. The summed E-state index contributed by atoms with van der Waals surface area (Å²) in [5.41, 5.74) is 1.54. The number of carbonyl (C=O) groups is 1. The minimum absolute atomic E-state index is 0.428. The molecule has 1 rings (SSSR count). The molecule has 0 aliphatic heterocycles. The standard InChI is InChI=1S/C11H14O3/c1-3-7-13-14-11(12)10-6-4-5-9(2)8-10/h4-6,8H,3,7H2,1-2H3. The van der Waals surface area contributed by atoms with Gasteiger partial charge in [0, 0.05) is 0 Å². The van der Waals surface area contributed by atoms with Crippen molar-refractivity contribution >= 4 is 5.97 Å². The van der Waals surface area contributed by atoms with Crippen molar-refractivity contribution in [3.63, 3.8) is 0 Å². The number of hydrogen-bond acceptors (Lipinski definition) is 3. The molecule has 0 radical (unpaired) electrons. The molecule has 0 fully saturated rings. The van der Waals surface area contributed by atoms with Gasteiger partial charge in [-0.2, -0.15) is 4.89 Å². The first-order chi connectivity index (χ1) is 6.74. The molecule has 0 amide bonds. The largest absolute Gasteiger partial charge is 0.373 e. The lowest BCUT2D eigenvalue weighted by atomic mass is 10.1. The summed E-state index contributed by atoms with van der Waals surface area (Å²) in [7, 11) is 0. The molecule has 76 valence electrons. The molecule has 0 saturated carbocycles. The van der Waals surface area contributed by atoms with E-state index in [-0.39, 0.29) is 0 Å². The van der Waals surface area contributed by atoms with Crippen molar-refractivity contribution in [2.24, 2.45) is 0 Å². The maximum atomic E-state index is 11.3. The first kappa shape index (κ1) is 10.7. The molecular weight excluding hydrogens is 180 g/mol. The van der Waals surface area contributed by atoms with Gasteiger partial charge in [-0.3, -0.25) is 4.89 Å². The van der Waals surface area contributed by atoms with Crippen LogP contribution in [0.5, 0.6) is 0 Å². The van der Waals surface area contributed by atoms with Gasteiger partial charge in [0.1, 0.15) is 0 Å². The van der Waals surface area contributed by atoms with Crippen LogP contribution in [0.25, 0.3) is 0 Å². The van der Waals surface area contributed by atoms with E-state index in [1.54, 1.807) is 12.1 Å². The Kier molecular flexibility index (Phi) is 4.13. The van der Waals surface area contributed by atoms with Gasteiger partial charge in [-0.15, -0.1) is 0 Å². The molecular formula is C11H14O3. The van der Waals surface area contributed by atoms with Crippen LogP contribution in [-0.2, 0) is 9.78 Å². The van der Waals surface area contributed by atoms with Crippen LogP contribution in [0.1, 0.15) is 29.3 Å². The van der Waals surface area contributed by atoms with Crippen LogP contribution in [0.15, 0.2) is 24.3 Å². The Morgan fingerprint density at radius 3 is 2.86 bits per heavy atom. The van der Waals surface area contributed by atoms with Crippen LogP contribution >= 0.6 is 0 Å². The van der Waals surface area contributed by atoms with Gasteiger partial charge < -0.3 is 0 Å². The summed E-state index contributed by atoms with van der Waals surface area (Å²) in [6, 6.07) is 7.19. The lowest BCUT2D eigenvalue weighted by Gasteiger charge is -2.02. The van der Waals surface area contributed by atoms with Crippen LogP contribution in [0.2, 0.25) is 0 Å². The van der Waals surface area contributed by atoms with Crippen molar-refractivity contribution in [2.45, 2.75) is 20.3 Å². The summed E-state index contributed by atoms with van der Waals surface area (Å²) >= 11 is 0. The molecule has 0 heterocycles. The maximum Gasteiger partial charge on any atom is 0.373 e. The molecule has 0 saturated heterocycles. The molecule has 14 heavy (non-hydrogen) atoms. The second-order valence-corrected chi connectivity index (χ2v) is 3.06. The quantitative estimate of drug-likeness (QED) is 0.419. The van der Waals surface area contributed by atoms with E-state index < -0.39 is 5.97 Å². The Hall–Kier alpha value is -1.35. The third-order valence-corrected chi connectivity index (χ3v) is 1.68. The molecule has 0 aliphatic carbocycles. The fraction of sp³-hybridized carbons (Fsp3) is 0.364. The number of hydrogen-bond donors (Lipinski definition) is 0. The van der Waals surface area contributed by atoms with Gasteiger partial charge >= 0.3 is 5.97 Å². The average Bonchev–Trinajstić information content (AvgIpc) is 2.18. The number of aryl methyl sites for hydroxylation is 1. The predicted molar refractivity (Wildman–Crippen MR) is 52.8 cm³/mol. The van der Waals surface area contributed by atoms with Gasteiger partial charge in [0.05, 0.1) is 12.2 Å². The van der Waals surface area contributed by atoms with Crippen LogP contribution in [0.3, 0.4) is 0 Å². The fourth-order valence-corrected chi connectivity index (χ4v) is 0.999. The van der Waals surface area contributed by atoms with E-state index in [1.165, 1.54) is 0 Å². The Labute approximate surface area is 83.6 Å².